The van der Waals surface area contributed by atoms with E-state index < -0.39 is 0 Å². The Hall–Kier alpha value is -0.520. The lowest BCUT2D eigenvalue weighted by Crippen LogP contribution is -1.97. The van der Waals surface area contributed by atoms with Crippen molar-refractivity contribution in [3.63, 3.8) is 0 Å². The zero-order chi connectivity index (χ0) is 14.0. The van der Waals surface area contributed by atoms with Gasteiger partial charge in [-0.1, -0.05) is 15.9 Å². The van der Waals surface area contributed by atoms with Crippen molar-refractivity contribution in [2.75, 3.05) is 14.2 Å². The minimum absolute atomic E-state index is 0.0747. The second-order valence-corrected chi connectivity index (χ2v) is 7.10. The van der Waals surface area contributed by atoms with Crippen LogP contribution in [0.2, 0.25) is 0 Å². The molecule has 2 rings (SSSR count). The van der Waals surface area contributed by atoms with E-state index in [-0.39, 0.29) is 4.83 Å². The maximum absolute atomic E-state index is 5.44. The van der Waals surface area contributed by atoms with E-state index in [1.165, 1.54) is 9.75 Å². The predicted molar refractivity (Wildman–Crippen MR) is 87.1 cm³/mol. The van der Waals surface area contributed by atoms with Crippen LogP contribution in [0.1, 0.15) is 20.1 Å². The lowest BCUT2D eigenvalue weighted by molar-refractivity contribution is 0.399. The largest absolute Gasteiger partial charge is 0.497 e. The summed E-state index contributed by atoms with van der Waals surface area (Å²) in [6.45, 7) is 2.10. The molecule has 5 heteroatoms. The molecule has 0 amide bonds. The normalized spacial score (nSPS) is 12.3. The van der Waals surface area contributed by atoms with E-state index in [9.17, 15) is 0 Å². The number of benzene rings is 1. The molecule has 0 saturated carbocycles. The SMILES string of the molecule is COc1ccc(OC)c(C(Br)c2sc(C)cc2Br)c1. The molecular formula is C14H14Br2O2S. The lowest BCUT2D eigenvalue weighted by Gasteiger charge is -2.15. The van der Waals surface area contributed by atoms with E-state index in [0.29, 0.717) is 0 Å². The molecule has 1 atom stereocenters. The minimum Gasteiger partial charge on any atom is -0.497 e. The summed E-state index contributed by atoms with van der Waals surface area (Å²) >= 11 is 9.12. The molecular weight excluding hydrogens is 392 g/mol. The first kappa shape index (κ1) is 14.9. The number of aryl methyl sites for hydroxylation is 1. The van der Waals surface area contributed by atoms with Crippen molar-refractivity contribution in [1.29, 1.82) is 0 Å². The maximum atomic E-state index is 5.44. The first-order chi connectivity index (χ1) is 9.06. The summed E-state index contributed by atoms with van der Waals surface area (Å²) < 4.78 is 11.8. The Morgan fingerprint density at radius 2 is 1.89 bits per heavy atom. The highest BCUT2D eigenvalue weighted by Crippen LogP contribution is 2.44. The molecule has 1 heterocycles. The fraction of sp³-hybridized carbons (Fsp3) is 0.286. The summed E-state index contributed by atoms with van der Waals surface area (Å²) in [6, 6.07) is 7.95. The fourth-order valence-corrected chi connectivity index (χ4v) is 4.92. The smallest absolute Gasteiger partial charge is 0.123 e. The van der Waals surface area contributed by atoms with Crippen molar-refractivity contribution in [2.24, 2.45) is 0 Å². The van der Waals surface area contributed by atoms with Crippen molar-refractivity contribution in [3.8, 4) is 11.5 Å². The van der Waals surface area contributed by atoms with E-state index in [1.54, 1.807) is 25.6 Å². The Morgan fingerprint density at radius 1 is 1.16 bits per heavy atom. The third-order valence-electron chi connectivity index (χ3n) is 2.78. The topological polar surface area (TPSA) is 18.5 Å². The van der Waals surface area contributed by atoms with Crippen LogP contribution in [0, 0.1) is 6.92 Å². The summed E-state index contributed by atoms with van der Waals surface area (Å²) in [7, 11) is 3.35. The van der Waals surface area contributed by atoms with Crippen LogP contribution in [0.3, 0.4) is 0 Å². The average molecular weight is 406 g/mol. The van der Waals surface area contributed by atoms with Gasteiger partial charge in [0.1, 0.15) is 11.5 Å². The molecule has 2 nitrogen and oxygen atoms in total. The number of ether oxygens (including phenoxy) is 2. The van der Waals surface area contributed by atoms with Crippen LogP contribution in [-0.2, 0) is 0 Å². The molecule has 0 aliphatic rings. The summed E-state index contributed by atoms with van der Waals surface area (Å²) in [5.41, 5.74) is 1.06. The van der Waals surface area contributed by atoms with Gasteiger partial charge in [0.05, 0.1) is 19.0 Å². The number of rotatable bonds is 4. The lowest BCUT2D eigenvalue weighted by atomic mass is 10.1. The van der Waals surface area contributed by atoms with E-state index in [2.05, 4.69) is 44.8 Å². The van der Waals surface area contributed by atoms with Gasteiger partial charge in [-0.05, 0) is 47.1 Å². The quantitative estimate of drug-likeness (QED) is 0.640. The first-order valence-corrected chi connectivity index (χ1v) is 8.21. The maximum Gasteiger partial charge on any atom is 0.123 e. The average Bonchev–Trinajstić information content (AvgIpc) is 2.76. The summed E-state index contributed by atoms with van der Waals surface area (Å²) in [6.07, 6.45) is 0. The van der Waals surface area contributed by atoms with Gasteiger partial charge in [0, 0.05) is 19.8 Å². The standard InChI is InChI=1S/C14H14Br2O2S/c1-8-6-11(15)14(19-8)13(16)10-7-9(17-2)4-5-12(10)18-3/h4-7,13H,1-3H3. The Balaban J connectivity index is 2.47. The van der Waals surface area contributed by atoms with Crippen LogP contribution >= 0.6 is 43.2 Å². The van der Waals surface area contributed by atoms with Gasteiger partial charge in [-0.25, -0.2) is 0 Å². The molecule has 0 aliphatic carbocycles. The summed E-state index contributed by atoms with van der Waals surface area (Å²) in [4.78, 5) is 2.57. The van der Waals surface area contributed by atoms with Gasteiger partial charge in [0.25, 0.3) is 0 Å². The molecule has 0 N–H and O–H groups in total. The highest BCUT2D eigenvalue weighted by atomic mass is 79.9. The van der Waals surface area contributed by atoms with Gasteiger partial charge >= 0.3 is 0 Å². The zero-order valence-corrected chi connectivity index (χ0v) is 14.9. The number of hydrogen-bond donors (Lipinski definition) is 0. The van der Waals surface area contributed by atoms with Crippen molar-refractivity contribution >= 4 is 43.2 Å². The molecule has 2 aromatic rings. The molecule has 0 spiro atoms. The van der Waals surface area contributed by atoms with Crippen LogP contribution in [0.25, 0.3) is 0 Å². The van der Waals surface area contributed by atoms with Gasteiger partial charge in [-0.3, -0.25) is 0 Å². The zero-order valence-electron chi connectivity index (χ0n) is 10.9. The van der Waals surface area contributed by atoms with Crippen LogP contribution < -0.4 is 9.47 Å². The first-order valence-electron chi connectivity index (χ1n) is 5.68. The number of methoxy groups -OCH3 is 2. The van der Waals surface area contributed by atoms with E-state index in [4.69, 9.17) is 9.47 Å². The van der Waals surface area contributed by atoms with Crippen LogP contribution in [0.4, 0.5) is 0 Å². The molecule has 0 bridgehead atoms. The van der Waals surface area contributed by atoms with E-state index >= 15 is 0 Å². The molecule has 1 aromatic carbocycles. The summed E-state index contributed by atoms with van der Waals surface area (Å²) in [5.74, 6) is 1.67. The molecule has 1 unspecified atom stereocenters. The van der Waals surface area contributed by atoms with Crippen molar-refractivity contribution in [1.82, 2.24) is 0 Å². The number of alkyl halides is 1. The highest BCUT2D eigenvalue weighted by Gasteiger charge is 2.20. The van der Waals surface area contributed by atoms with Crippen molar-refractivity contribution in [2.45, 2.75) is 11.8 Å². The van der Waals surface area contributed by atoms with Gasteiger partial charge in [0.2, 0.25) is 0 Å². The molecule has 0 radical (unpaired) electrons. The fourth-order valence-electron chi connectivity index (χ4n) is 1.85. The second kappa shape index (κ2) is 6.29. The minimum atomic E-state index is 0.0747. The second-order valence-electron chi connectivity index (χ2n) is 4.04. The van der Waals surface area contributed by atoms with Crippen LogP contribution in [0.15, 0.2) is 28.7 Å². The number of hydrogen-bond acceptors (Lipinski definition) is 3. The van der Waals surface area contributed by atoms with E-state index in [1.807, 2.05) is 18.2 Å². The highest BCUT2D eigenvalue weighted by molar-refractivity contribution is 9.11. The monoisotopic (exact) mass is 404 g/mol. The Bertz CT molecular complexity index is 581. The van der Waals surface area contributed by atoms with Crippen molar-refractivity contribution < 1.29 is 9.47 Å². The van der Waals surface area contributed by atoms with Crippen molar-refractivity contribution in [3.05, 3.63) is 44.1 Å². The van der Waals surface area contributed by atoms with Gasteiger partial charge < -0.3 is 9.47 Å². The molecule has 0 saturated heterocycles. The third kappa shape index (κ3) is 3.15. The Labute approximate surface area is 134 Å². The van der Waals surface area contributed by atoms with E-state index in [0.717, 1.165) is 21.5 Å². The molecule has 0 aliphatic heterocycles. The molecule has 19 heavy (non-hydrogen) atoms. The number of thiophene rings is 1. The molecule has 0 fully saturated rings. The van der Waals surface area contributed by atoms with Gasteiger partial charge in [-0.2, -0.15) is 0 Å². The van der Waals surface area contributed by atoms with Gasteiger partial charge in [-0.15, -0.1) is 11.3 Å². The Morgan fingerprint density at radius 3 is 2.42 bits per heavy atom. The third-order valence-corrected chi connectivity index (χ3v) is 6.06. The molecule has 1 aromatic heterocycles. The summed E-state index contributed by atoms with van der Waals surface area (Å²) in [5, 5.41) is 0. The van der Waals surface area contributed by atoms with Crippen LogP contribution in [0.5, 0.6) is 11.5 Å². The van der Waals surface area contributed by atoms with Crippen LogP contribution in [-0.4, -0.2) is 14.2 Å². The number of halogens is 2. The molecule has 102 valence electrons. The Kier molecular flexibility index (Phi) is 4.92. The predicted octanol–water partition coefficient (Wildman–Crippen LogP) is 5.32. The van der Waals surface area contributed by atoms with Gasteiger partial charge in [0.15, 0.2) is 0 Å².